The summed E-state index contributed by atoms with van der Waals surface area (Å²) in [5.74, 6) is 1.22. The van der Waals surface area contributed by atoms with E-state index in [1.807, 2.05) is 0 Å². The fourth-order valence-electron chi connectivity index (χ4n) is 2.75. The van der Waals surface area contributed by atoms with E-state index in [1.165, 1.54) is 18.9 Å². The predicted molar refractivity (Wildman–Crippen MR) is 88.0 cm³/mol. The van der Waals surface area contributed by atoms with E-state index in [2.05, 4.69) is 0 Å². The second kappa shape index (κ2) is 7.18. The van der Waals surface area contributed by atoms with Gasteiger partial charge in [-0.25, -0.2) is 0 Å². The molecule has 1 saturated carbocycles. The van der Waals surface area contributed by atoms with Crippen molar-refractivity contribution in [2.24, 2.45) is 0 Å². The molecule has 0 unspecified atom stereocenters. The fraction of sp³-hybridized carbons (Fsp3) is 0.316. The second-order valence-corrected chi connectivity index (χ2v) is 5.64. The minimum Gasteiger partial charge on any atom is -0.493 e. The van der Waals surface area contributed by atoms with Crippen molar-refractivity contribution >= 4 is 11.9 Å². The van der Waals surface area contributed by atoms with E-state index >= 15 is 0 Å². The van der Waals surface area contributed by atoms with E-state index in [0.717, 1.165) is 18.4 Å². The number of rotatable bonds is 6. The predicted octanol–water partition coefficient (Wildman–Crippen LogP) is 4.51. The third-order valence-corrected chi connectivity index (χ3v) is 4.01. The van der Waals surface area contributed by atoms with Crippen LogP contribution < -0.4 is 9.47 Å². The van der Waals surface area contributed by atoms with Gasteiger partial charge in [-0.05, 0) is 62.1 Å². The van der Waals surface area contributed by atoms with E-state index in [0.29, 0.717) is 17.1 Å². The maximum absolute atomic E-state index is 12.3. The summed E-state index contributed by atoms with van der Waals surface area (Å²) >= 11 is 0. The third kappa shape index (κ3) is 3.83. The van der Waals surface area contributed by atoms with Crippen LogP contribution in [0.25, 0.3) is 6.08 Å². The van der Waals surface area contributed by atoms with Crippen molar-refractivity contribution in [3.8, 4) is 11.5 Å². The highest BCUT2D eigenvalue weighted by molar-refractivity contribution is 6.07. The van der Waals surface area contributed by atoms with Crippen LogP contribution in [0.3, 0.4) is 0 Å². The summed E-state index contributed by atoms with van der Waals surface area (Å²) in [6, 6.07) is 7.09. The van der Waals surface area contributed by atoms with Crippen LogP contribution in [0.15, 0.2) is 47.3 Å². The Labute approximate surface area is 135 Å². The number of ether oxygens (including phenoxy) is 2. The van der Waals surface area contributed by atoms with E-state index in [-0.39, 0.29) is 11.9 Å². The molecule has 0 aliphatic heterocycles. The SMILES string of the molecule is COc1ccc(C(=O)/C=C/c2ccoc2)cc1OC1CCCC1. The minimum atomic E-state index is -0.0786. The molecule has 0 radical (unpaired) electrons. The summed E-state index contributed by atoms with van der Waals surface area (Å²) in [7, 11) is 1.61. The summed E-state index contributed by atoms with van der Waals surface area (Å²) in [6.45, 7) is 0. The number of hydrogen-bond acceptors (Lipinski definition) is 4. The van der Waals surface area contributed by atoms with Gasteiger partial charge in [0.25, 0.3) is 0 Å². The summed E-state index contributed by atoms with van der Waals surface area (Å²) in [5, 5.41) is 0. The van der Waals surface area contributed by atoms with Crippen LogP contribution >= 0.6 is 0 Å². The first-order valence-electron chi connectivity index (χ1n) is 7.85. The standard InChI is InChI=1S/C19H20O4/c1-21-18-9-7-15(12-19(18)23-16-4-2-3-5-16)17(20)8-6-14-10-11-22-13-14/h6-13,16H,2-5H2,1H3/b8-6+. The molecule has 0 amide bonds. The van der Waals surface area contributed by atoms with Gasteiger partial charge in [-0.15, -0.1) is 0 Å². The molecule has 1 aliphatic carbocycles. The Balaban J connectivity index is 1.77. The molecular weight excluding hydrogens is 292 g/mol. The first-order chi connectivity index (χ1) is 11.3. The Morgan fingerprint density at radius 3 is 2.74 bits per heavy atom. The van der Waals surface area contributed by atoms with Crippen molar-refractivity contribution in [1.29, 1.82) is 0 Å². The first kappa shape index (κ1) is 15.4. The molecule has 1 aliphatic rings. The number of benzene rings is 1. The zero-order valence-corrected chi connectivity index (χ0v) is 13.2. The zero-order valence-electron chi connectivity index (χ0n) is 13.2. The Kier molecular flexibility index (Phi) is 4.81. The van der Waals surface area contributed by atoms with E-state index in [1.54, 1.807) is 50.0 Å². The highest BCUT2D eigenvalue weighted by Gasteiger charge is 2.19. The maximum atomic E-state index is 12.3. The topological polar surface area (TPSA) is 48.7 Å². The molecule has 2 aromatic rings. The van der Waals surface area contributed by atoms with Crippen molar-refractivity contribution in [3.63, 3.8) is 0 Å². The summed E-state index contributed by atoms with van der Waals surface area (Å²) in [6.07, 6.45) is 11.1. The Morgan fingerprint density at radius 2 is 2.04 bits per heavy atom. The van der Waals surface area contributed by atoms with Gasteiger partial charge in [0.05, 0.1) is 25.7 Å². The van der Waals surface area contributed by atoms with Crippen LogP contribution in [0.4, 0.5) is 0 Å². The fourth-order valence-corrected chi connectivity index (χ4v) is 2.75. The normalized spacial score (nSPS) is 15.2. The van der Waals surface area contributed by atoms with Crippen LogP contribution in [-0.2, 0) is 0 Å². The smallest absolute Gasteiger partial charge is 0.185 e. The van der Waals surface area contributed by atoms with Crippen molar-refractivity contribution in [3.05, 3.63) is 54.0 Å². The molecule has 0 bridgehead atoms. The molecule has 1 fully saturated rings. The van der Waals surface area contributed by atoms with Crippen LogP contribution in [-0.4, -0.2) is 19.0 Å². The third-order valence-electron chi connectivity index (χ3n) is 4.01. The first-order valence-corrected chi connectivity index (χ1v) is 7.85. The van der Waals surface area contributed by atoms with Gasteiger partial charge in [0, 0.05) is 11.1 Å². The largest absolute Gasteiger partial charge is 0.493 e. The summed E-state index contributed by atoms with van der Waals surface area (Å²) in [5.41, 5.74) is 1.44. The Morgan fingerprint density at radius 1 is 1.22 bits per heavy atom. The lowest BCUT2D eigenvalue weighted by atomic mass is 10.1. The van der Waals surface area contributed by atoms with Gasteiger partial charge in [0.2, 0.25) is 0 Å². The number of carbonyl (C=O) groups is 1. The van der Waals surface area contributed by atoms with Gasteiger partial charge < -0.3 is 13.9 Å². The van der Waals surface area contributed by atoms with Gasteiger partial charge in [-0.3, -0.25) is 4.79 Å². The van der Waals surface area contributed by atoms with E-state index in [9.17, 15) is 4.79 Å². The van der Waals surface area contributed by atoms with E-state index in [4.69, 9.17) is 13.9 Å². The van der Waals surface area contributed by atoms with Gasteiger partial charge in [0.15, 0.2) is 17.3 Å². The molecule has 0 N–H and O–H groups in total. The van der Waals surface area contributed by atoms with Gasteiger partial charge in [-0.1, -0.05) is 0 Å². The van der Waals surface area contributed by atoms with Crippen molar-refractivity contribution in [1.82, 2.24) is 0 Å². The average molecular weight is 312 g/mol. The molecule has 1 heterocycles. The second-order valence-electron chi connectivity index (χ2n) is 5.64. The number of hydrogen-bond donors (Lipinski definition) is 0. The molecule has 0 saturated heterocycles. The quantitative estimate of drug-likeness (QED) is 0.582. The number of ketones is 1. The highest BCUT2D eigenvalue weighted by Crippen LogP contribution is 2.32. The van der Waals surface area contributed by atoms with Crippen LogP contribution in [0.5, 0.6) is 11.5 Å². The monoisotopic (exact) mass is 312 g/mol. The molecule has 1 aromatic carbocycles. The lowest BCUT2D eigenvalue weighted by molar-refractivity contribution is 0.104. The van der Waals surface area contributed by atoms with Crippen LogP contribution in [0.2, 0.25) is 0 Å². The van der Waals surface area contributed by atoms with Crippen LogP contribution in [0, 0.1) is 0 Å². The molecule has 0 spiro atoms. The molecule has 3 rings (SSSR count). The average Bonchev–Trinajstić information content (AvgIpc) is 3.26. The number of methoxy groups -OCH3 is 1. The van der Waals surface area contributed by atoms with Crippen LogP contribution in [0.1, 0.15) is 41.6 Å². The zero-order chi connectivity index (χ0) is 16.1. The molecule has 0 atom stereocenters. The summed E-state index contributed by atoms with van der Waals surface area (Å²) in [4.78, 5) is 12.3. The Hall–Kier alpha value is -2.49. The number of allylic oxidation sites excluding steroid dienone is 1. The summed E-state index contributed by atoms with van der Waals surface area (Å²) < 4.78 is 16.3. The van der Waals surface area contributed by atoms with Gasteiger partial charge in [0.1, 0.15) is 0 Å². The van der Waals surface area contributed by atoms with Crippen molar-refractivity contribution in [2.45, 2.75) is 31.8 Å². The highest BCUT2D eigenvalue weighted by atomic mass is 16.5. The van der Waals surface area contributed by atoms with Gasteiger partial charge in [-0.2, -0.15) is 0 Å². The molecular formula is C19H20O4. The lowest BCUT2D eigenvalue weighted by Gasteiger charge is -2.16. The number of furan rings is 1. The maximum Gasteiger partial charge on any atom is 0.185 e. The van der Waals surface area contributed by atoms with Crippen molar-refractivity contribution < 1.29 is 18.7 Å². The van der Waals surface area contributed by atoms with Crippen molar-refractivity contribution in [2.75, 3.05) is 7.11 Å². The molecule has 1 aromatic heterocycles. The molecule has 120 valence electrons. The molecule has 4 nitrogen and oxygen atoms in total. The Bertz CT molecular complexity index is 679. The van der Waals surface area contributed by atoms with Gasteiger partial charge >= 0.3 is 0 Å². The molecule has 23 heavy (non-hydrogen) atoms. The number of carbonyl (C=O) groups excluding carboxylic acids is 1. The lowest BCUT2D eigenvalue weighted by Crippen LogP contribution is -2.12. The minimum absolute atomic E-state index is 0.0786. The van der Waals surface area contributed by atoms with E-state index < -0.39 is 0 Å². The molecule has 4 heteroatoms.